The van der Waals surface area contributed by atoms with Crippen LogP contribution < -0.4 is 0 Å². The van der Waals surface area contributed by atoms with Gasteiger partial charge in [0.1, 0.15) is 5.82 Å². The monoisotopic (exact) mass is 406 g/mol. The highest BCUT2D eigenvalue weighted by Crippen LogP contribution is 2.41. The molecule has 0 radical (unpaired) electrons. The summed E-state index contributed by atoms with van der Waals surface area (Å²) >= 11 is 0. The van der Waals surface area contributed by atoms with E-state index in [-0.39, 0.29) is 0 Å². The number of aryl methyl sites for hydroxylation is 1. The van der Waals surface area contributed by atoms with Gasteiger partial charge in [0.15, 0.2) is 0 Å². The zero-order valence-electron chi connectivity index (χ0n) is 18.0. The van der Waals surface area contributed by atoms with Gasteiger partial charge >= 0.3 is 0 Å². The van der Waals surface area contributed by atoms with Gasteiger partial charge in [0.2, 0.25) is 0 Å². The zero-order chi connectivity index (χ0) is 21.4. The van der Waals surface area contributed by atoms with Crippen LogP contribution in [0.5, 0.6) is 0 Å². The van der Waals surface area contributed by atoms with Crippen molar-refractivity contribution in [2.45, 2.75) is 26.3 Å². The van der Waals surface area contributed by atoms with Crippen molar-refractivity contribution in [3.8, 4) is 11.4 Å². The summed E-state index contributed by atoms with van der Waals surface area (Å²) in [5.41, 5.74) is 3.58. The Kier molecular flexibility index (Phi) is 5.05. The van der Waals surface area contributed by atoms with Crippen molar-refractivity contribution in [1.82, 2.24) is 9.55 Å². The Morgan fingerprint density at radius 3 is 2.06 bits per heavy atom. The molecule has 0 saturated carbocycles. The van der Waals surface area contributed by atoms with Crippen molar-refractivity contribution in [1.29, 1.82) is 0 Å². The Balaban J connectivity index is 0.000000994. The van der Waals surface area contributed by atoms with Gasteiger partial charge in [-0.15, -0.1) is 0 Å². The van der Waals surface area contributed by atoms with Gasteiger partial charge in [-0.25, -0.2) is 4.98 Å². The first-order valence-corrected chi connectivity index (χ1v) is 10.9. The molecule has 6 aromatic rings. The number of hydrogen-bond acceptors (Lipinski definition) is 2. The van der Waals surface area contributed by atoms with E-state index in [1.807, 2.05) is 0 Å². The lowest BCUT2D eigenvalue weighted by atomic mass is 9.93. The lowest BCUT2D eigenvalue weighted by molar-refractivity contribution is 0.399. The largest absolute Gasteiger partial charge is 0.400 e. The van der Waals surface area contributed by atoms with Crippen molar-refractivity contribution < 1.29 is 5.11 Å². The minimum atomic E-state index is 0.984. The van der Waals surface area contributed by atoms with Gasteiger partial charge in [0.05, 0.1) is 11.0 Å². The zero-order valence-corrected chi connectivity index (χ0v) is 18.0. The van der Waals surface area contributed by atoms with Crippen molar-refractivity contribution in [3.05, 3.63) is 78.9 Å². The Morgan fingerprint density at radius 2 is 1.39 bits per heavy atom. The molecule has 1 heterocycles. The average molecular weight is 407 g/mol. The Morgan fingerprint density at radius 1 is 0.742 bits per heavy atom. The fourth-order valence-corrected chi connectivity index (χ4v) is 4.81. The van der Waals surface area contributed by atoms with Crippen molar-refractivity contribution in [2.75, 3.05) is 7.11 Å². The van der Waals surface area contributed by atoms with Crippen LogP contribution in [0, 0.1) is 0 Å². The lowest BCUT2D eigenvalue weighted by Crippen LogP contribution is -2.01. The maximum Gasteiger partial charge on any atom is 0.141 e. The molecule has 1 N–H and O–H groups in total. The summed E-state index contributed by atoms with van der Waals surface area (Å²) in [6.45, 7) is 3.24. The van der Waals surface area contributed by atoms with E-state index < -0.39 is 0 Å². The molecular formula is C28H26N2O. The third-order valence-electron chi connectivity index (χ3n) is 6.13. The van der Waals surface area contributed by atoms with Crippen LogP contribution in [0.25, 0.3) is 54.7 Å². The number of nitrogens with zero attached hydrogens (tertiary/aromatic N) is 2. The molecule has 6 rings (SSSR count). The molecule has 3 nitrogen and oxygen atoms in total. The summed E-state index contributed by atoms with van der Waals surface area (Å²) in [7, 11) is 1.00. The summed E-state index contributed by atoms with van der Waals surface area (Å²) in [5.74, 6) is 1.07. The van der Waals surface area contributed by atoms with E-state index in [0.29, 0.717) is 0 Å². The molecule has 154 valence electrons. The van der Waals surface area contributed by atoms with Crippen LogP contribution in [0.1, 0.15) is 19.8 Å². The molecule has 5 aromatic carbocycles. The fourth-order valence-electron chi connectivity index (χ4n) is 4.81. The second kappa shape index (κ2) is 8.01. The molecule has 0 unspecified atom stereocenters. The SMILES string of the molecule is CCCCn1c(-c2ccccc2)nc2c3cccc4ccc5cccc(c5c43)c21.CO. The fraction of sp³-hybridized carbons (Fsp3) is 0.179. The van der Waals surface area contributed by atoms with Crippen LogP contribution in [0.3, 0.4) is 0 Å². The highest BCUT2D eigenvalue weighted by atomic mass is 16.2. The van der Waals surface area contributed by atoms with Gasteiger partial charge in [-0.2, -0.15) is 0 Å². The number of rotatable bonds is 4. The second-order valence-electron chi connectivity index (χ2n) is 7.88. The number of aliphatic hydroxyl groups excluding tert-OH is 1. The van der Waals surface area contributed by atoms with Crippen LogP contribution in [0.15, 0.2) is 78.9 Å². The second-order valence-corrected chi connectivity index (χ2v) is 7.88. The van der Waals surface area contributed by atoms with E-state index in [4.69, 9.17) is 10.1 Å². The normalized spacial score (nSPS) is 11.5. The molecule has 31 heavy (non-hydrogen) atoms. The highest BCUT2D eigenvalue weighted by Gasteiger charge is 2.20. The van der Waals surface area contributed by atoms with Gasteiger partial charge < -0.3 is 9.67 Å². The smallest absolute Gasteiger partial charge is 0.141 e. The molecular weight excluding hydrogens is 380 g/mol. The molecule has 0 spiro atoms. The molecule has 0 aliphatic heterocycles. The van der Waals surface area contributed by atoms with Crippen LogP contribution in [-0.4, -0.2) is 21.8 Å². The maximum atomic E-state index is 7.00. The lowest BCUT2D eigenvalue weighted by Gasteiger charge is -2.14. The quantitative estimate of drug-likeness (QED) is 0.320. The van der Waals surface area contributed by atoms with E-state index in [2.05, 4.69) is 90.4 Å². The first-order chi connectivity index (χ1) is 15.4. The van der Waals surface area contributed by atoms with E-state index in [1.165, 1.54) is 43.4 Å². The van der Waals surface area contributed by atoms with Crippen LogP contribution in [0.2, 0.25) is 0 Å². The number of aliphatic hydroxyl groups is 1. The van der Waals surface area contributed by atoms with Crippen molar-refractivity contribution in [2.24, 2.45) is 0 Å². The Labute approximate surface area is 181 Å². The Bertz CT molecular complexity index is 1480. The minimum absolute atomic E-state index is 0.984. The van der Waals surface area contributed by atoms with E-state index in [0.717, 1.165) is 37.8 Å². The van der Waals surface area contributed by atoms with Gasteiger partial charge in [-0.3, -0.25) is 0 Å². The van der Waals surface area contributed by atoms with Crippen LogP contribution >= 0.6 is 0 Å². The predicted octanol–water partition coefficient (Wildman–Crippen LogP) is 7.01. The molecule has 0 saturated heterocycles. The van der Waals surface area contributed by atoms with Crippen LogP contribution in [0.4, 0.5) is 0 Å². The van der Waals surface area contributed by atoms with Crippen molar-refractivity contribution >= 4 is 43.4 Å². The van der Waals surface area contributed by atoms with Gasteiger partial charge in [-0.1, -0.05) is 92.2 Å². The Hall–Kier alpha value is -3.43. The van der Waals surface area contributed by atoms with Crippen molar-refractivity contribution in [3.63, 3.8) is 0 Å². The summed E-state index contributed by atoms with van der Waals surface area (Å²) in [6, 6.07) is 28.4. The van der Waals surface area contributed by atoms with Crippen LogP contribution in [-0.2, 0) is 6.54 Å². The number of aromatic nitrogens is 2. The standard InChI is InChI=1S/C27H22N2.CH4O/c1-2-3-17-29-26-22-14-8-12-19-16-15-18-11-7-13-21(23(18)24(19)22)25(26)28-27(29)20-9-5-4-6-10-20;1-2/h4-16H,2-3,17H2,1H3;2H,1H3. The minimum Gasteiger partial charge on any atom is -0.400 e. The molecule has 1 aromatic heterocycles. The van der Waals surface area contributed by atoms with Gasteiger partial charge in [-0.05, 0) is 28.0 Å². The molecule has 0 amide bonds. The topological polar surface area (TPSA) is 38.0 Å². The number of fused-ring (bicyclic) bond motifs is 3. The molecule has 3 heteroatoms. The first kappa shape index (κ1) is 19.5. The van der Waals surface area contributed by atoms with E-state index >= 15 is 0 Å². The maximum absolute atomic E-state index is 7.00. The highest BCUT2D eigenvalue weighted by molar-refractivity contribution is 6.32. The summed E-state index contributed by atoms with van der Waals surface area (Å²) in [5, 5.41) is 14.9. The van der Waals surface area contributed by atoms with Gasteiger partial charge in [0.25, 0.3) is 0 Å². The van der Waals surface area contributed by atoms with Gasteiger partial charge in [0, 0.05) is 30.0 Å². The third-order valence-corrected chi connectivity index (χ3v) is 6.13. The number of hydrogen-bond donors (Lipinski definition) is 1. The number of unbranched alkanes of at least 4 members (excludes halogenated alkanes) is 1. The molecule has 0 bridgehead atoms. The number of imidazole rings is 1. The molecule has 0 aliphatic carbocycles. The predicted molar refractivity (Wildman–Crippen MR) is 132 cm³/mol. The molecule has 0 aliphatic rings. The average Bonchev–Trinajstić information content (AvgIpc) is 3.23. The summed E-state index contributed by atoms with van der Waals surface area (Å²) in [4.78, 5) is 5.25. The first-order valence-electron chi connectivity index (χ1n) is 10.9. The third kappa shape index (κ3) is 2.96. The van der Waals surface area contributed by atoms with E-state index in [9.17, 15) is 0 Å². The summed E-state index contributed by atoms with van der Waals surface area (Å²) in [6.07, 6.45) is 2.31. The number of benzene rings is 5. The van der Waals surface area contributed by atoms with E-state index in [1.54, 1.807) is 0 Å². The molecule has 0 fully saturated rings. The summed E-state index contributed by atoms with van der Waals surface area (Å²) < 4.78 is 2.46. The molecule has 0 atom stereocenters.